The quantitative estimate of drug-likeness (QED) is 0.743. The molecule has 3 N–H and O–H groups in total. The number of anilines is 1. The predicted molar refractivity (Wildman–Crippen MR) is 96.8 cm³/mol. The lowest BCUT2D eigenvalue weighted by Crippen LogP contribution is -2.50. The second kappa shape index (κ2) is 7.16. The van der Waals surface area contributed by atoms with E-state index in [1.807, 2.05) is 13.1 Å². The minimum atomic E-state index is -2.28. The molecule has 1 aliphatic rings. The number of aromatic nitrogens is 2. The van der Waals surface area contributed by atoms with Crippen LogP contribution in [0.2, 0.25) is 18.1 Å². The van der Waals surface area contributed by atoms with Gasteiger partial charge in [0.1, 0.15) is 24.1 Å². The average molecular weight is 375 g/mol. The topological polar surface area (TPSA) is 109 Å². The Kier molecular flexibility index (Phi) is 4.92. The average Bonchev–Trinajstić information content (AvgIpc) is 2.80. The SMILES string of the molecule is [2H]C([3H])OCC1OC(n2ccc(N)nc2=O)C(O)C1O[Si](C)(C)C(C)(C)C. The normalized spacial score (nSPS) is 30.0. The fourth-order valence-corrected chi connectivity index (χ4v) is 3.79. The number of hydrogen-bond donors (Lipinski definition) is 2. The van der Waals surface area contributed by atoms with Crippen molar-refractivity contribution in [1.29, 1.82) is 0 Å². The van der Waals surface area contributed by atoms with Gasteiger partial charge in [0.25, 0.3) is 0 Å². The molecule has 2 rings (SSSR count). The van der Waals surface area contributed by atoms with E-state index in [0.717, 1.165) is 4.57 Å². The number of methoxy groups -OCH3 is 1. The van der Waals surface area contributed by atoms with Gasteiger partial charge in [-0.2, -0.15) is 4.98 Å². The minimum Gasteiger partial charge on any atom is -0.408 e. The zero-order chi connectivity index (χ0) is 20.6. The molecule has 0 aromatic carbocycles. The Bertz CT molecular complexity index is 710. The molecule has 25 heavy (non-hydrogen) atoms. The summed E-state index contributed by atoms with van der Waals surface area (Å²) in [6, 6.07) is 1.44. The summed E-state index contributed by atoms with van der Waals surface area (Å²) in [5.74, 6) is 0.0731. The molecule has 1 fully saturated rings. The molecule has 9 heteroatoms. The highest BCUT2D eigenvalue weighted by Crippen LogP contribution is 2.41. The van der Waals surface area contributed by atoms with Crippen molar-refractivity contribution in [3.63, 3.8) is 0 Å². The number of nitrogens with zero attached hydrogens (tertiary/aromatic N) is 2. The van der Waals surface area contributed by atoms with Crippen LogP contribution in [0.5, 0.6) is 0 Å². The molecule has 1 aromatic heterocycles. The van der Waals surface area contributed by atoms with Crippen LogP contribution in [0.1, 0.15) is 29.7 Å². The number of ether oxygens (including phenoxy) is 2. The third-order valence-corrected chi connectivity index (χ3v) is 9.41. The Balaban J connectivity index is 2.32. The Morgan fingerprint density at radius 3 is 2.84 bits per heavy atom. The molecule has 0 saturated carbocycles. The molecule has 0 amide bonds. The van der Waals surface area contributed by atoms with Gasteiger partial charge in [-0.25, -0.2) is 4.79 Å². The van der Waals surface area contributed by atoms with E-state index in [9.17, 15) is 9.90 Å². The molecule has 8 nitrogen and oxygen atoms in total. The summed E-state index contributed by atoms with van der Waals surface area (Å²) in [5, 5.41) is 10.8. The lowest BCUT2D eigenvalue weighted by Gasteiger charge is -2.39. The minimum absolute atomic E-state index is 0.0731. The van der Waals surface area contributed by atoms with Gasteiger partial charge < -0.3 is 24.7 Å². The highest BCUT2D eigenvalue weighted by molar-refractivity contribution is 6.74. The fraction of sp³-hybridized carbons (Fsp3) is 0.750. The molecule has 5 atom stereocenters. The first kappa shape index (κ1) is 17.2. The third-order valence-electron chi connectivity index (χ3n) is 4.93. The monoisotopic (exact) mass is 374 g/mol. The van der Waals surface area contributed by atoms with Crippen molar-refractivity contribution in [3.8, 4) is 0 Å². The zero-order valence-corrected chi connectivity index (χ0v) is 16.3. The van der Waals surface area contributed by atoms with Crippen molar-refractivity contribution in [3.05, 3.63) is 22.7 Å². The van der Waals surface area contributed by atoms with E-state index in [1.54, 1.807) is 0 Å². The van der Waals surface area contributed by atoms with Gasteiger partial charge in [0, 0.05) is 13.3 Å². The summed E-state index contributed by atoms with van der Waals surface area (Å²) in [6.07, 6.45) is -2.27. The Morgan fingerprint density at radius 1 is 1.60 bits per heavy atom. The molecule has 0 aliphatic carbocycles. The van der Waals surface area contributed by atoms with Crippen molar-refractivity contribution in [2.45, 2.75) is 63.4 Å². The van der Waals surface area contributed by atoms with Gasteiger partial charge in [0.15, 0.2) is 14.5 Å². The van der Waals surface area contributed by atoms with Crippen LogP contribution in [0.15, 0.2) is 17.1 Å². The van der Waals surface area contributed by atoms with Crippen molar-refractivity contribution >= 4 is 14.1 Å². The van der Waals surface area contributed by atoms with Crippen molar-refractivity contribution in [1.82, 2.24) is 9.55 Å². The molecule has 0 spiro atoms. The summed E-state index contributed by atoms with van der Waals surface area (Å²) < 4.78 is 32.8. The van der Waals surface area contributed by atoms with Gasteiger partial charge in [-0.3, -0.25) is 4.57 Å². The number of aliphatic hydroxyl groups is 1. The van der Waals surface area contributed by atoms with Crippen molar-refractivity contribution in [2.24, 2.45) is 0 Å². The fourth-order valence-electron chi connectivity index (χ4n) is 2.46. The number of nitrogens with two attached hydrogens (primary N) is 1. The Hall–Kier alpha value is -1.26. The highest BCUT2D eigenvalue weighted by atomic mass is 28.4. The molecule has 0 radical (unpaired) electrons. The van der Waals surface area contributed by atoms with Crippen molar-refractivity contribution < 1.29 is 21.7 Å². The Labute approximate surface area is 151 Å². The highest BCUT2D eigenvalue weighted by Gasteiger charge is 2.50. The molecule has 1 saturated heterocycles. The maximum absolute atomic E-state index is 12.2. The van der Waals surface area contributed by atoms with E-state index in [1.165, 1.54) is 12.3 Å². The smallest absolute Gasteiger partial charge is 0.351 e. The molecule has 0 bridgehead atoms. The molecule has 1 aromatic rings. The summed E-state index contributed by atoms with van der Waals surface area (Å²) in [5.41, 5.74) is 4.87. The van der Waals surface area contributed by atoms with Crippen LogP contribution < -0.4 is 11.4 Å². The second-order valence-electron chi connectivity index (χ2n) is 7.77. The van der Waals surface area contributed by atoms with Gasteiger partial charge in [-0.1, -0.05) is 20.8 Å². The van der Waals surface area contributed by atoms with Gasteiger partial charge in [0.05, 0.1) is 9.35 Å². The standard InChI is InChI=1S/C16H29N3O5Si/c1-16(2,3)25(5,6)24-13-10(9-22-4)23-14(12(13)20)19-8-7-11(17)18-15(19)21/h7-8,10,12-14,20H,9H2,1-6H3,(H2,17,18,21)/i4TD. The molecule has 2 heterocycles. The van der Waals surface area contributed by atoms with Crippen LogP contribution in [0, 0.1) is 0 Å². The summed E-state index contributed by atoms with van der Waals surface area (Å²) >= 11 is 0. The van der Waals surface area contributed by atoms with Crippen LogP contribution in [-0.2, 0) is 13.9 Å². The summed E-state index contributed by atoms with van der Waals surface area (Å²) in [4.78, 5) is 15.8. The van der Waals surface area contributed by atoms with Gasteiger partial charge in [-0.15, -0.1) is 0 Å². The maximum atomic E-state index is 12.2. The van der Waals surface area contributed by atoms with E-state index >= 15 is 0 Å². The van der Waals surface area contributed by atoms with Crippen LogP contribution in [0.4, 0.5) is 5.82 Å². The zero-order valence-electron chi connectivity index (χ0n) is 17.3. The largest absolute Gasteiger partial charge is 0.408 e. The predicted octanol–water partition coefficient (Wildman–Crippen LogP) is 1.12. The molecule has 5 unspecified atom stereocenters. The van der Waals surface area contributed by atoms with Gasteiger partial charge in [-0.05, 0) is 24.2 Å². The molecular weight excluding hydrogens is 342 g/mol. The summed E-state index contributed by atoms with van der Waals surface area (Å²) in [6.45, 7) is 10.2. The van der Waals surface area contributed by atoms with E-state index < -0.39 is 45.6 Å². The first-order chi connectivity index (χ1) is 12.3. The number of hydrogen-bond acceptors (Lipinski definition) is 7. The lowest BCUT2D eigenvalue weighted by molar-refractivity contribution is -0.0608. The van der Waals surface area contributed by atoms with Gasteiger partial charge in [0.2, 0.25) is 0 Å². The van der Waals surface area contributed by atoms with Crippen LogP contribution in [-0.4, -0.2) is 55.0 Å². The van der Waals surface area contributed by atoms with Crippen LogP contribution in [0.25, 0.3) is 0 Å². The van der Waals surface area contributed by atoms with E-state index in [0.29, 0.717) is 0 Å². The molecular formula is C16H29N3O5Si. The van der Waals surface area contributed by atoms with Crippen LogP contribution in [0.3, 0.4) is 0 Å². The van der Waals surface area contributed by atoms with Crippen LogP contribution >= 0.6 is 0 Å². The molecule has 1 aliphatic heterocycles. The number of rotatable bonds is 5. The lowest BCUT2D eigenvalue weighted by atomic mass is 10.1. The molecule has 142 valence electrons. The first-order valence-electron chi connectivity index (χ1n) is 9.31. The van der Waals surface area contributed by atoms with Crippen molar-refractivity contribution in [2.75, 3.05) is 19.4 Å². The third kappa shape index (κ3) is 4.12. The van der Waals surface area contributed by atoms with E-state index in [-0.39, 0.29) is 17.5 Å². The van der Waals surface area contributed by atoms with E-state index in [2.05, 4.69) is 25.8 Å². The summed E-state index contributed by atoms with van der Waals surface area (Å²) in [7, 11) is -3.76. The van der Waals surface area contributed by atoms with Gasteiger partial charge >= 0.3 is 5.69 Å². The number of aliphatic hydroxyl groups excluding tert-OH is 1. The number of nitrogen functional groups attached to an aromatic ring is 1. The Morgan fingerprint density at radius 2 is 2.28 bits per heavy atom. The maximum Gasteiger partial charge on any atom is 0.351 e. The first-order valence-corrected chi connectivity index (χ1v) is 11.1. The van der Waals surface area contributed by atoms with E-state index in [4.69, 9.17) is 22.4 Å². The second-order valence-corrected chi connectivity index (χ2v) is 12.5.